The van der Waals surface area contributed by atoms with Crippen LogP contribution in [0.25, 0.3) is 5.82 Å². The Morgan fingerprint density at radius 1 is 1.27 bits per heavy atom. The predicted octanol–water partition coefficient (Wildman–Crippen LogP) is 3.80. The number of carbonyl (C=O) groups is 1. The van der Waals surface area contributed by atoms with Gasteiger partial charge in [0.15, 0.2) is 5.82 Å². The fraction of sp³-hybridized carbons (Fsp3) is 0.176. The van der Waals surface area contributed by atoms with E-state index in [1.807, 2.05) is 19.9 Å². The van der Waals surface area contributed by atoms with Gasteiger partial charge >= 0.3 is 0 Å². The number of aromatic nitrogens is 4. The number of thioether (sulfide) groups is 1. The summed E-state index contributed by atoms with van der Waals surface area (Å²) in [5.74, 6) is 0.00207. The predicted molar refractivity (Wildman–Crippen MR) is 99.4 cm³/mol. The van der Waals surface area contributed by atoms with E-state index in [9.17, 15) is 9.18 Å². The van der Waals surface area contributed by atoms with Gasteiger partial charge in [-0.2, -0.15) is 5.10 Å². The van der Waals surface area contributed by atoms with Gasteiger partial charge in [-0.3, -0.25) is 4.79 Å². The first-order valence-corrected chi connectivity index (χ1v) is 9.02. The number of benzene rings is 1. The van der Waals surface area contributed by atoms with E-state index in [1.54, 1.807) is 10.7 Å². The molecular weight excluding hydrogens is 377 g/mol. The van der Waals surface area contributed by atoms with Crippen LogP contribution < -0.4 is 5.32 Å². The third-order valence-electron chi connectivity index (χ3n) is 3.41. The van der Waals surface area contributed by atoms with Crippen molar-refractivity contribution in [2.45, 2.75) is 18.9 Å². The largest absolute Gasteiger partial charge is 0.325 e. The fourth-order valence-corrected chi connectivity index (χ4v) is 3.14. The Morgan fingerprint density at radius 3 is 2.77 bits per heavy atom. The van der Waals surface area contributed by atoms with Crippen LogP contribution in [0.1, 0.15) is 11.4 Å². The lowest BCUT2D eigenvalue weighted by atomic mass is 10.3. The Balaban J connectivity index is 1.64. The third kappa shape index (κ3) is 4.39. The second-order valence-electron chi connectivity index (χ2n) is 5.52. The maximum atomic E-state index is 13.1. The van der Waals surface area contributed by atoms with Crippen molar-refractivity contribution in [1.82, 2.24) is 19.7 Å². The number of nitrogens with one attached hydrogen (secondary N) is 1. The van der Waals surface area contributed by atoms with Gasteiger partial charge in [0.25, 0.3) is 0 Å². The molecule has 3 rings (SSSR count). The van der Waals surface area contributed by atoms with Crippen LogP contribution in [0.3, 0.4) is 0 Å². The number of nitrogens with zero attached hydrogens (tertiary/aromatic N) is 4. The Hall–Kier alpha value is -2.45. The quantitative estimate of drug-likeness (QED) is 0.529. The molecular formula is C17H15ClFN5OS. The molecule has 0 radical (unpaired) electrons. The number of rotatable bonds is 5. The average Bonchev–Trinajstić information content (AvgIpc) is 2.95. The highest BCUT2D eigenvalue weighted by molar-refractivity contribution is 7.99. The van der Waals surface area contributed by atoms with Crippen molar-refractivity contribution in [1.29, 1.82) is 0 Å². The second-order valence-corrected chi connectivity index (χ2v) is 6.92. The molecule has 26 heavy (non-hydrogen) atoms. The van der Waals surface area contributed by atoms with Crippen LogP contribution in [-0.2, 0) is 4.79 Å². The summed E-state index contributed by atoms with van der Waals surface area (Å²) in [6.07, 6.45) is 1.44. The highest BCUT2D eigenvalue weighted by Crippen LogP contribution is 2.21. The third-order valence-corrected chi connectivity index (χ3v) is 4.62. The van der Waals surface area contributed by atoms with Gasteiger partial charge in [-0.05, 0) is 38.1 Å². The van der Waals surface area contributed by atoms with E-state index in [2.05, 4.69) is 20.4 Å². The van der Waals surface area contributed by atoms with Crippen molar-refractivity contribution in [2.75, 3.05) is 11.1 Å². The Kier molecular flexibility index (Phi) is 5.53. The second kappa shape index (κ2) is 7.84. The number of hydrogen-bond acceptors (Lipinski definition) is 5. The van der Waals surface area contributed by atoms with Crippen LogP contribution in [0.2, 0.25) is 5.02 Å². The summed E-state index contributed by atoms with van der Waals surface area (Å²) in [7, 11) is 0. The number of amides is 1. The molecule has 0 aliphatic rings. The highest BCUT2D eigenvalue weighted by atomic mass is 35.5. The lowest BCUT2D eigenvalue weighted by molar-refractivity contribution is -0.113. The normalized spacial score (nSPS) is 10.8. The summed E-state index contributed by atoms with van der Waals surface area (Å²) >= 11 is 6.97. The Bertz CT molecular complexity index is 962. The first-order valence-electron chi connectivity index (χ1n) is 7.66. The van der Waals surface area contributed by atoms with Crippen molar-refractivity contribution in [3.63, 3.8) is 0 Å². The molecule has 0 atom stereocenters. The molecule has 0 fully saturated rings. The standard InChI is InChI=1S/C17H15ClFN5OS/c1-10-5-11(2)24(23-10)15-7-17(21-9-20-15)26-8-16(25)22-12-3-4-14(19)13(18)6-12/h3-7,9H,8H2,1-2H3,(H,22,25). The first kappa shape index (κ1) is 18.3. The summed E-state index contributed by atoms with van der Waals surface area (Å²) in [6.45, 7) is 3.85. The van der Waals surface area contributed by atoms with Gasteiger partial charge in [-0.25, -0.2) is 19.0 Å². The van der Waals surface area contributed by atoms with Gasteiger partial charge in [-0.15, -0.1) is 0 Å². The fourth-order valence-electron chi connectivity index (χ4n) is 2.30. The van der Waals surface area contributed by atoms with Gasteiger partial charge in [0.05, 0.1) is 16.5 Å². The summed E-state index contributed by atoms with van der Waals surface area (Å²) in [5.41, 5.74) is 2.30. The van der Waals surface area contributed by atoms with E-state index in [-0.39, 0.29) is 16.7 Å². The smallest absolute Gasteiger partial charge is 0.234 e. The van der Waals surface area contributed by atoms with Crippen LogP contribution >= 0.6 is 23.4 Å². The minimum absolute atomic E-state index is 0.0409. The molecule has 0 aliphatic carbocycles. The Morgan fingerprint density at radius 2 is 2.08 bits per heavy atom. The van der Waals surface area contributed by atoms with Crippen molar-refractivity contribution in [3.05, 3.63) is 58.9 Å². The number of anilines is 1. The van der Waals surface area contributed by atoms with E-state index >= 15 is 0 Å². The van der Waals surface area contributed by atoms with Crippen LogP contribution in [-0.4, -0.2) is 31.4 Å². The Labute approximate surface area is 158 Å². The van der Waals surface area contributed by atoms with Crippen molar-refractivity contribution < 1.29 is 9.18 Å². The molecule has 0 saturated heterocycles. The number of carbonyl (C=O) groups excluding carboxylic acids is 1. The van der Waals surface area contributed by atoms with Crippen LogP contribution in [0.15, 0.2) is 41.7 Å². The molecule has 1 N–H and O–H groups in total. The molecule has 1 amide bonds. The van der Waals surface area contributed by atoms with Gasteiger partial charge < -0.3 is 5.32 Å². The van der Waals surface area contributed by atoms with Gasteiger partial charge in [0, 0.05) is 17.4 Å². The van der Waals surface area contributed by atoms with Crippen molar-refractivity contribution in [2.24, 2.45) is 0 Å². The molecule has 0 unspecified atom stereocenters. The molecule has 0 spiro atoms. The number of halogens is 2. The molecule has 0 saturated carbocycles. The molecule has 2 heterocycles. The first-order chi connectivity index (χ1) is 12.4. The topological polar surface area (TPSA) is 72.7 Å². The highest BCUT2D eigenvalue weighted by Gasteiger charge is 2.10. The summed E-state index contributed by atoms with van der Waals surface area (Å²) in [6, 6.07) is 7.75. The molecule has 0 aliphatic heterocycles. The van der Waals surface area contributed by atoms with E-state index in [0.29, 0.717) is 16.5 Å². The summed E-state index contributed by atoms with van der Waals surface area (Å²) in [4.78, 5) is 20.5. The minimum Gasteiger partial charge on any atom is -0.325 e. The number of aryl methyl sites for hydroxylation is 2. The van der Waals surface area contributed by atoms with E-state index in [1.165, 1.54) is 36.3 Å². The molecule has 2 aromatic heterocycles. The van der Waals surface area contributed by atoms with E-state index < -0.39 is 5.82 Å². The zero-order valence-electron chi connectivity index (χ0n) is 14.0. The molecule has 9 heteroatoms. The summed E-state index contributed by atoms with van der Waals surface area (Å²) in [5, 5.41) is 7.66. The zero-order chi connectivity index (χ0) is 18.7. The average molecular weight is 392 g/mol. The zero-order valence-corrected chi connectivity index (χ0v) is 15.6. The number of hydrogen-bond donors (Lipinski definition) is 1. The van der Waals surface area contributed by atoms with E-state index in [4.69, 9.17) is 11.6 Å². The SMILES string of the molecule is Cc1cc(C)n(-c2cc(SCC(=O)Nc3ccc(F)c(Cl)c3)ncn2)n1. The molecule has 1 aromatic carbocycles. The maximum Gasteiger partial charge on any atom is 0.234 e. The van der Waals surface area contributed by atoms with Crippen LogP contribution in [0.5, 0.6) is 0 Å². The molecule has 134 valence electrons. The maximum absolute atomic E-state index is 13.1. The van der Waals surface area contributed by atoms with Crippen LogP contribution in [0, 0.1) is 19.7 Å². The lowest BCUT2D eigenvalue weighted by Crippen LogP contribution is -2.14. The van der Waals surface area contributed by atoms with Crippen molar-refractivity contribution >= 4 is 35.0 Å². The van der Waals surface area contributed by atoms with Gasteiger partial charge in [-0.1, -0.05) is 23.4 Å². The monoisotopic (exact) mass is 391 g/mol. The molecule has 3 aromatic rings. The van der Waals surface area contributed by atoms with Gasteiger partial charge in [0.2, 0.25) is 5.91 Å². The van der Waals surface area contributed by atoms with Gasteiger partial charge in [0.1, 0.15) is 17.2 Å². The summed E-state index contributed by atoms with van der Waals surface area (Å²) < 4.78 is 14.9. The molecule has 0 bridgehead atoms. The van der Waals surface area contributed by atoms with E-state index in [0.717, 1.165) is 11.4 Å². The molecule has 6 nitrogen and oxygen atoms in total. The van der Waals surface area contributed by atoms with Crippen LogP contribution in [0.4, 0.5) is 10.1 Å². The lowest BCUT2D eigenvalue weighted by Gasteiger charge is -2.07. The minimum atomic E-state index is -0.531. The van der Waals surface area contributed by atoms with Crippen molar-refractivity contribution in [3.8, 4) is 5.82 Å².